The van der Waals surface area contributed by atoms with Crippen LogP contribution in [0.1, 0.15) is 24.1 Å². The molecule has 2 N–H and O–H groups in total. The van der Waals surface area contributed by atoms with Crippen LogP contribution < -0.4 is 15.6 Å². The topological polar surface area (TPSA) is 144 Å². The molecule has 0 spiro atoms. The van der Waals surface area contributed by atoms with E-state index in [-0.39, 0.29) is 27.0 Å². The lowest BCUT2D eigenvalue weighted by molar-refractivity contribution is -0.119. The predicted octanol–water partition coefficient (Wildman–Crippen LogP) is 2.33. The highest BCUT2D eigenvalue weighted by molar-refractivity contribution is 7.90. The minimum Gasteiger partial charge on any atom is -0.324 e. The van der Waals surface area contributed by atoms with Gasteiger partial charge in [0.2, 0.25) is 15.9 Å². The number of amides is 1. The summed E-state index contributed by atoms with van der Waals surface area (Å²) >= 11 is 5.74. The highest BCUT2D eigenvalue weighted by Gasteiger charge is 2.21. The van der Waals surface area contributed by atoms with E-state index in [0.29, 0.717) is 12.0 Å². The number of carbonyl (C=O) groups excluding carboxylic acids is 1. The van der Waals surface area contributed by atoms with Crippen molar-refractivity contribution in [2.45, 2.75) is 36.1 Å². The zero-order valence-electron chi connectivity index (χ0n) is 19.7. The molecule has 36 heavy (non-hydrogen) atoms. The Morgan fingerprint density at radius 1 is 1.08 bits per heavy atom. The number of sulfonamides is 1. The number of hydrogen-bond acceptors (Lipinski definition) is 7. The average molecular weight is 553 g/mol. The van der Waals surface area contributed by atoms with Crippen LogP contribution in [-0.2, 0) is 31.1 Å². The van der Waals surface area contributed by atoms with E-state index in [0.717, 1.165) is 22.6 Å². The minimum atomic E-state index is -3.91. The van der Waals surface area contributed by atoms with Crippen LogP contribution in [-0.4, -0.2) is 45.3 Å². The molecule has 0 saturated heterocycles. The molecule has 1 heterocycles. The number of nitrogens with zero attached hydrogens (tertiary/aromatic N) is 2. The molecule has 0 fully saturated rings. The van der Waals surface area contributed by atoms with Crippen molar-refractivity contribution >= 4 is 43.1 Å². The molecule has 1 atom stereocenters. The number of rotatable bonds is 9. The molecule has 3 aromatic rings. The van der Waals surface area contributed by atoms with E-state index in [9.17, 15) is 26.4 Å². The van der Waals surface area contributed by atoms with Gasteiger partial charge in [-0.05, 0) is 55.7 Å². The largest absolute Gasteiger partial charge is 0.324 e. The maximum atomic E-state index is 12.9. The van der Waals surface area contributed by atoms with Gasteiger partial charge in [0, 0.05) is 24.6 Å². The Balaban J connectivity index is 1.69. The Bertz CT molecular complexity index is 1550. The lowest BCUT2D eigenvalue weighted by Gasteiger charge is -2.15. The second-order valence-electron chi connectivity index (χ2n) is 8.17. The number of aromatic nitrogens is 2. The van der Waals surface area contributed by atoms with Crippen molar-refractivity contribution in [3.8, 4) is 0 Å². The van der Waals surface area contributed by atoms with Crippen LogP contribution in [0.25, 0.3) is 0 Å². The molecule has 0 aliphatic carbocycles. The van der Waals surface area contributed by atoms with Crippen LogP contribution in [0.4, 0.5) is 5.69 Å². The van der Waals surface area contributed by atoms with Crippen molar-refractivity contribution < 1.29 is 21.6 Å². The predicted molar refractivity (Wildman–Crippen MR) is 136 cm³/mol. The zero-order chi connectivity index (χ0) is 26.7. The fourth-order valence-corrected chi connectivity index (χ4v) is 5.39. The van der Waals surface area contributed by atoms with Crippen molar-refractivity contribution in [2.24, 2.45) is 0 Å². The van der Waals surface area contributed by atoms with E-state index in [4.69, 9.17) is 11.6 Å². The fourth-order valence-electron chi connectivity index (χ4n) is 3.32. The standard InChI is InChI=1S/C23H25ClN4O6S2/c1-15-4-7-19(27-23(30)16(2)28-22(29)12-18(24)14-25-28)13-21(15)36(33,34)26-11-10-17-5-8-20(9-6-17)35(3,31)32/h4-9,12-14,16,26H,10-11H2,1-3H3,(H,27,30)/t16-/m0/s1. The summed E-state index contributed by atoms with van der Waals surface area (Å²) in [5.41, 5.74) is 0.924. The fraction of sp³-hybridized carbons (Fsp3) is 0.261. The van der Waals surface area contributed by atoms with Gasteiger partial charge in [0.1, 0.15) is 6.04 Å². The summed E-state index contributed by atoms with van der Waals surface area (Å²) in [5, 5.41) is 6.62. The first-order valence-corrected chi connectivity index (χ1v) is 14.5. The molecule has 13 heteroatoms. The van der Waals surface area contributed by atoms with Gasteiger partial charge in [0.15, 0.2) is 9.84 Å². The van der Waals surface area contributed by atoms with Gasteiger partial charge in [-0.25, -0.2) is 26.2 Å². The highest BCUT2D eigenvalue weighted by Crippen LogP contribution is 2.21. The van der Waals surface area contributed by atoms with Crippen molar-refractivity contribution in [2.75, 3.05) is 18.1 Å². The number of anilines is 1. The SMILES string of the molecule is Cc1ccc(NC(=O)[C@H](C)n2ncc(Cl)cc2=O)cc1S(=O)(=O)NCCc1ccc(S(C)(=O)=O)cc1. The van der Waals surface area contributed by atoms with E-state index in [1.165, 1.54) is 31.3 Å². The lowest BCUT2D eigenvalue weighted by atomic mass is 10.2. The van der Waals surface area contributed by atoms with Crippen molar-refractivity contribution in [3.63, 3.8) is 0 Å². The van der Waals surface area contributed by atoms with E-state index in [2.05, 4.69) is 15.1 Å². The Kier molecular flexibility index (Phi) is 8.34. The number of benzene rings is 2. The third-order valence-electron chi connectivity index (χ3n) is 5.34. The van der Waals surface area contributed by atoms with E-state index >= 15 is 0 Å². The maximum Gasteiger partial charge on any atom is 0.268 e. The molecule has 0 aliphatic rings. The van der Waals surface area contributed by atoms with Gasteiger partial charge in [-0.1, -0.05) is 29.8 Å². The maximum absolute atomic E-state index is 12.9. The van der Waals surface area contributed by atoms with Crippen molar-refractivity contribution in [1.29, 1.82) is 0 Å². The number of halogens is 1. The second kappa shape index (κ2) is 10.9. The van der Waals surface area contributed by atoms with Gasteiger partial charge >= 0.3 is 0 Å². The van der Waals surface area contributed by atoms with Crippen molar-refractivity contribution in [3.05, 3.63) is 81.2 Å². The summed E-state index contributed by atoms with van der Waals surface area (Å²) < 4.78 is 52.5. The first kappa shape index (κ1) is 27.5. The monoisotopic (exact) mass is 552 g/mol. The summed E-state index contributed by atoms with van der Waals surface area (Å²) in [5.74, 6) is -0.565. The molecule has 0 saturated carbocycles. The molecular formula is C23H25ClN4O6S2. The van der Waals surface area contributed by atoms with Crippen LogP contribution in [0.5, 0.6) is 0 Å². The average Bonchev–Trinajstić information content (AvgIpc) is 2.79. The normalized spacial score (nSPS) is 12.8. The Morgan fingerprint density at radius 2 is 1.75 bits per heavy atom. The number of carbonyl (C=O) groups is 1. The first-order chi connectivity index (χ1) is 16.8. The van der Waals surface area contributed by atoms with Gasteiger partial charge in [0.25, 0.3) is 5.56 Å². The molecule has 0 bridgehead atoms. The van der Waals surface area contributed by atoms with Crippen LogP contribution in [0, 0.1) is 6.92 Å². The first-order valence-electron chi connectivity index (χ1n) is 10.7. The third kappa shape index (κ3) is 6.78. The van der Waals surface area contributed by atoms with E-state index in [1.807, 2.05) is 0 Å². The minimum absolute atomic E-state index is 0.0119. The number of hydrogen-bond donors (Lipinski definition) is 2. The lowest BCUT2D eigenvalue weighted by Crippen LogP contribution is -2.33. The molecule has 0 unspecified atom stereocenters. The van der Waals surface area contributed by atoms with Crippen LogP contribution in [0.3, 0.4) is 0 Å². The second-order valence-corrected chi connectivity index (χ2v) is 12.4. The molecule has 0 aliphatic heterocycles. The molecular weight excluding hydrogens is 528 g/mol. The third-order valence-corrected chi connectivity index (χ3v) is 8.28. The smallest absolute Gasteiger partial charge is 0.268 e. The number of aryl methyl sites for hydroxylation is 1. The summed E-state index contributed by atoms with van der Waals surface area (Å²) in [6.07, 6.45) is 2.71. The Hall–Kier alpha value is -3.06. The number of sulfone groups is 1. The van der Waals surface area contributed by atoms with Gasteiger partial charge in [-0.15, -0.1) is 0 Å². The quantitative estimate of drug-likeness (QED) is 0.414. The van der Waals surface area contributed by atoms with Gasteiger partial charge in [-0.3, -0.25) is 9.59 Å². The van der Waals surface area contributed by atoms with Crippen LogP contribution >= 0.6 is 11.6 Å². The summed E-state index contributed by atoms with van der Waals surface area (Å²) in [4.78, 5) is 24.9. The van der Waals surface area contributed by atoms with Crippen molar-refractivity contribution in [1.82, 2.24) is 14.5 Å². The van der Waals surface area contributed by atoms with Crippen LogP contribution in [0.15, 0.2) is 69.3 Å². The zero-order valence-corrected chi connectivity index (χ0v) is 22.1. The summed E-state index contributed by atoms with van der Waals surface area (Å²) in [6, 6.07) is 10.8. The molecule has 0 radical (unpaired) electrons. The number of nitrogens with one attached hydrogen (secondary N) is 2. The summed E-state index contributed by atoms with van der Waals surface area (Å²) in [6.45, 7) is 3.19. The molecule has 10 nitrogen and oxygen atoms in total. The van der Waals surface area contributed by atoms with Gasteiger partial charge < -0.3 is 5.32 Å². The molecule has 3 rings (SSSR count). The Labute approximate surface area is 214 Å². The van der Waals surface area contributed by atoms with E-state index < -0.39 is 37.4 Å². The molecule has 1 aromatic heterocycles. The Morgan fingerprint density at radius 3 is 2.36 bits per heavy atom. The van der Waals surface area contributed by atoms with Gasteiger partial charge in [-0.2, -0.15) is 5.10 Å². The van der Waals surface area contributed by atoms with E-state index in [1.54, 1.807) is 31.2 Å². The summed E-state index contributed by atoms with van der Waals surface area (Å²) in [7, 11) is -7.22. The van der Waals surface area contributed by atoms with Gasteiger partial charge in [0.05, 0.1) is 21.0 Å². The highest BCUT2D eigenvalue weighted by atomic mass is 35.5. The molecule has 1 amide bonds. The molecule has 2 aromatic carbocycles. The molecule has 192 valence electrons. The van der Waals surface area contributed by atoms with Crippen LogP contribution in [0.2, 0.25) is 5.02 Å².